The number of hydrogen-bond acceptors (Lipinski definition) is 6. The van der Waals surface area contributed by atoms with E-state index in [9.17, 15) is 9.59 Å². The van der Waals surface area contributed by atoms with E-state index in [0.29, 0.717) is 36.2 Å². The third kappa shape index (κ3) is 5.23. The molecule has 1 fully saturated rings. The van der Waals surface area contributed by atoms with Gasteiger partial charge in [-0.25, -0.2) is 4.79 Å². The zero-order chi connectivity index (χ0) is 26.9. The molecule has 0 radical (unpaired) electrons. The minimum absolute atomic E-state index is 0.206. The molecule has 3 amide bonds. The number of benzene rings is 1. The summed E-state index contributed by atoms with van der Waals surface area (Å²) >= 11 is 0. The molecule has 1 aliphatic carbocycles. The summed E-state index contributed by atoms with van der Waals surface area (Å²) in [6, 6.07) is 3.53. The largest absolute Gasteiger partial charge is 0.496 e. The fourth-order valence-corrected chi connectivity index (χ4v) is 5.59. The lowest BCUT2D eigenvalue weighted by Crippen LogP contribution is -2.46. The van der Waals surface area contributed by atoms with Crippen LogP contribution < -0.4 is 20.7 Å². The van der Waals surface area contributed by atoms with Crippen molar-refractivity contribution in [1.29, 1.82) is 0 Å². The first-order valence-electron chi connectivity index (χ1n) is 13.2. The summed E-state index contributed by atoms with van der Waals surface area (Å²) in [5, 5.41) is 18.2. The number of ether oxygens (including phenoxy) is 1. The van der Waals surface area contributed by atoms with E-state index in [2.05, 4.69) is 46.6 Å². The van der Waals surface area contributed by atoms with Gasteiger partial charge in [0.2, 0.25) is 0 Å². The number of nitrogens with zero attached hydrogens (tertiary/aromatic N) is 3. The van der Waals surface area contributed by atoms with Gasteiger partial charge in [0.1, 0.15) is 11.9 Å². The minimum atomic E-state index is -0.410. The molecular weight excluding hydrogens is 480 g/mol. The molecule has 3 heterocycles. The second-order valence-corrected chi connectivity index (χ2v) is 11.0. The van der Waals surface area contributed by atoms with Crippen LogP contribution in [0.4, 0.5) is 4.79 Å². The zero-order valence-electron chi connectivity index (χ0n) is 22.3. The second-order valence-electron chi connectivity index (χ2n) is 11.0. The van der Waals surface area contributed by atoms with Gasteiger partial charge in [-0.3, -0.25) is 4.79 Å². The number of amides is 3. The van der Waals surface area contributed by atoms with Gasteiger partial charge in [0.05, 0.1) is 24.1 Å². The molecule has 9 nitrogen and oxygen atoms in total. The number of methoxy groups -OCH3 is 1. The van der Waals surface area contributed by atoms with Gasteiger partial charge in [0.15, 0.2) is 0 Å². The summed E-state index contributed by atoms with van der Waals surface area (Å²) in [4.78, 5) is 27.4. The van der Waals surface area contributed by atoms with Crippen molar-refractivity contribution in [3.63, 3.8) is 0 Å². The van der Waals surface area contributed by atoms with Crippen molar-refractivity contribution in [3.05, 3.63) is 65.5 Å². The lowest BCUT2D eigenvalue weighted by Gasteiger charge is -2.29. The standard InChI is InChI=1S/C29H36N6O3/c1-5-30-28(37)35-14-11-18-16-24(38-4)21(15-19(18)17-35)27(36)32-25-8-6-7-23(31-25)26-20-9-12-29(2,3)13-10-22(20)33-34-26/h5-8,15-16,20,25,31H,1,9-14,17H2,2-4H3,(H,30,37)(H,32,36). The number of fused-ring (bicyclic) bond motifs is 2. The molecule has 0 bridgehead atoms. The predicted molar refractivity (Wildman–Crippen MR) is 148 cm³/mol. The molecule has 0 aromatic heterocycles. The van der Waals surface area contributed by atoms with Crippen LogP contribution in [-0.2, 0) is 13.0 Å². The molecular formula is C29H36N6O3. The Morgan fingerprint density at radius 2 is 2.05 bits per heavy atom. The Kier molecular flexibility index (Phi) is 7.10. The van der Waals surface area contributed by atoms with Crippen LogP contribution in [0, 0.1) is 11.3 Å². The number of rotatable bonds is 5. The number of hydrogen-bond donors (Lipinski definition) is 3. The minimum Gasteiger partial charge on any atom is -0.496 e. The van der Waals surface area contributed by atoms with Gasteiger partial charge in [-0.1, -0.05) is 26.5 Å². The molecule has 4 aliphatic rings. The highest BCUT2D eigenvalue weighted by Gasteiger charge is 2.36. The van der Waals surface area contributed by atoms with Gasteiger partial charge in [-0.2, -0.15) is 10.2 Å². The van der Waals surface area contributed by atoms with Crippen LogP contribution in [0.25, 0.3) is 0 Å². The van der Waals surface area contributed by atoms with Gasteiger partial charge in [-0.15, -0.1) is 0 Å². The van der Waals surface area contributed by atoms with Crippen molar-refractivity contribution in [3.8, 4) is 5.75 Å². The Balaban J connectivity index is 1.28. The van der Waals surface area contributed by atoms with E-state index < -0.39 is 6.17 Å². The molecule has 0 saturated heterocycles. The van der Waals surface area contributed by atoms with Crippen molar-refractivity contribution < 1.29 is 14.3 Å². The highest BCUT2D eigenvalue weighted by Crippen LogP contribution is 2.38. The van der Waals surface area contributed by atoms with E-state index in [1.807, 2.05) is 30.4 Å². The van der Waals surface area contributed by atoms with Gasteiger partial charge >= 0.3 is 6.03 Å². The fourth-order valence-electron chi connectivity index (χ4n) is 5.59. The van der Waals surface area contributed by atoms with Crippen LogP contribution in [0.1, 0.15) is 61.0 Å². The van der Waals surface area contributed by atoms with Gasteiger partial charge in [0.25, 0.3) is 5.91 Å². The lowest BCUT2D eigenvalue weighted by molar-refractivity contribution is 0.0937. The number of carbonyl (C=O) groups is 2. The van der Waals surface area contributed by atoms with Gasteiger partial charge < -0.3 is 25.6 Å². The highest BCUT2D eigenvalue weighted by molar-refractivity contribution is 6.17. The molecule has 3 N–H and O–H groups in total. The van der Waals surface area contributed by atoms with Crippen molar-refractivity contribution in [1.82, 2.24) is 20.9 Å². The molecule has 38 heavy (non-hydrogen) atoms. The van der Waals surface area contributed by atoms with Crippen molar-refractivity contribution in [2.75, 3.05) is 13.7 Å². The molecule has 2 atom stereocenters. The summed E-state index contributed by atoms with van der Waals surface area (Å²) in [5.41, 5.74) is 5.74. The van der Waals surface area contributed by atoms with E-state index in [1.54, 1.807) is 12.0 Å². The summed E-state index contributed by atoms with van der Waals surface area (Å²) in [7, 11) is 1.56. The third-order valence-electron chi connectivity index (χ3n) is 7.92. The predicted octanol–water partition coefficient (Wildman–Crippen LogP) is 4.03. The summed E-state index contributed by atoms with van der Waals surface area (Å²) in [6.07, 6.45) is 11.7. The Labute approximate surface area is 223 Å². The first-order valence-corrected chi connectivity index (χ1v) is 13.2. The number of carbonyl (C=O) groups excluding carboxylic acids is 2. The number of urea groups is 1. The Morgan fingerprint density at radius 1 is 1.21 bits per heavy atom. The Bertz CT molecular complexity index is 1280. The van der Waals surface area contributed by atoms with Crippen LogP contribution in [0.5, 0.6) is 5.75 Å². The molecule has 1 saturated carbocycles. The molecule has 2 unspecified atom stereocenters. The van der Waals surface area contributed by atoms with Crippen molar-refractivity contribution in [2.45, 2.75) is 58.7 Å². The Hall–Kier alpha value is -3.88. The van der Waals surface area contributed by atoms with E-state index in [0.717, 1.165) is 53.9 Å². The summed E-state index contributed by atoms with van der Waals surface area (Å²) in [6.45, 7) is 9.19. The normalized spacial score (nSPS) is 23.4. The fraction of sp³-hybridized carbons (Fsp3) is 0.448. The van der Waals surface area contributed by atoms with Crippen LogP contribution in [-0.4, -0.2) is 48.1 Å². The SMILES string of the molecule is C=CNC(=O)N1CCc2cc(OC)c(C(=O)NC3C=CC=C(C4=NN=C5CCC(C)(C)CCC54)N3)cc2C1. The van der Waals surface area contributed by atoms with Gasteiger partial charge in [0, 0.05) is 24.7 Å². The smallest absolute Gasteiger partial charge is 0.321 e. The Morgan fingerprint density at radius 3 is 2.84 bits per heavy atom. The van der Waals surface area contributed by atoms with Crippen molar-refractivity contribution >= 4 is 23.4 Å². The number of nitrogens with one attached hydrogen (secondary N) is 3. The summed E-state index contributed by atoms with van der Waals surface area (Å²) in [5.74, 6) is 0.475. The summed E-state index contributed by atoms with van der Waals surface area (Å²) < 4.78 is 5.57. The first-order chi connectivity index (χ1) is 18.3. The van der Waals surface area contributed by atoms with Crippen LogP contribution in [0.3, 0.4) is 0 Å². The quantitative estimate of drug-likeness (QED) is 0.549. The van der Waals surface area contributed by atoms with Gasteiger partial charge in [-0.05, 0) is 79.1 Å². The van der Waals surface area contributed by atoms with Crippen LogP contribution in [0.2, 0.25) is 0 Å². The van der Waals surface area contributed by atoms with Crippen molar-refractivity contribution in [2.24, 2.45) is 21.5 Å². The zero-order valence-corrected chi connectivity index (χ0v) is 22.3. The van der Waals surface area contributed by atoms with E-state index >= 15 is 0 Å². The molecule has 5 rings (SSSR count). The molecule has 1 aromatic carbocycles. The van der Waals surface area contributed by atoms with Crippen LogP contribution >= 0.6 is 0 Å². The van der Waals surface area contributed by atoms with Crippen LogP contribution in [0.15, 0.2) is 59.0 Å². The molecule has 1 aromatic rings. The number of dihydropyridines is 1. The maximum absolute atomic E-state index is 13.4. The topological polar surface area (TPSA) is 107 Å². The third-order valence-corrected chi connectivity index (χ3v) is 7.92. The maximum atomic E-state index is 13.4. The molecule has 9 heteroatoms. The average Bonchev–Trinajstić information content (AvgIpc) is 3.26. The van der Waals surface area contributed by atoms with E-state index in [1.165, 1.54) is 6.20 Å². The average molecular weight is 517 g/mol. The van der Waals surface area contributed by atoms with E-state index in [-0.39, 0.29) is 17.9 Å². The number of allylic oxidation sites excluding steroid dienone is 3. The first kappa shape index (κ1) is 25.8. The highest BCUT2D eigenvalue weighted by atomic mass is 16.5. The molecule has 200 valence electrons. The monoisotopic (exact) mass is 516 g/mol. The van der Waals surface area contributed by atoms with E-state index in [4.69, 9.17) is 4.74 Å². The maximum Gasteiger partial charge on any atom is 0.321 e. The molecule has 3 aliphatic heterocycles. The second kappa shape index (κ2) is 10.5. The lowest BCUT2D eigenvalue weighted by atomic mass is 9.84. The molecule has 0 spiro atoms.